The molecule has 0 radical (unpaired) electrons. The van der Waals surface area contributed by atoms with Gasteiger partial charge in [0, 0.05) is 0 Å². The van der Waals surface area contributed by atoms with Gasteiger partial charge in [0.1, 0.15) is 6.04 Å². The van der Waals surface area contributed by atoms with E-state index in [-0.39, 0.29) is 0 Å². The molecule has 0 aromatic rings. The summed E-state index contributed by atoms with van der Waals surface area (Å²) in [7, 11) is 0. The van der Waals surface area contributed by atoms with Crippen LogP contribution < -0.4 is 5.73 Å². The minimum atomic E-state index is -1.29. The molecule has 5 nitrogen and oxygen atoms in total. The van der Waals surface area contributed by atoms with Gasteiger partial charge in [0.2, 0.25) is 4.84 Å². The third-order valence-electron chi connectivity index (χ3n) is 0.576. The average Bonchev–Trinajstić information content (AvgIpc) is 1.88. The van der Waals surface area contributed by atoms with E-state index in [1.54, 1.807) is 0 Å². The molecule has 0 aromatic carbocycles. The van der Waals surface area contributed by atoms with Crippen molar-refractivity contribution in [1.29, 1.82) is 0 Å². The van der Waals surface area contributed by atoms with Crippen molar-refractivity contribution in [3.63, 3.8) is 0 Å². The maximum Gasteiger partial charge on any atom is 0.337 e. The first-order valence-electron chi connectivity index (χ1n) is 2.78. The van der Waals surface area contributed by atoms with E-state index in [1.165, 1.54) is 6.92 Å². The van der Waals surface area contributed by atoms with Crippen molar-refractivity contribution in [3.8, 4) is 0 Å². The fourth-order valence-corrected chi connectivity index (χ4v) is 0. The Morgan fingerprint density at radius 3 is 1.42 bits per heavy atom. The van der Waals surface area contributed by atoms with Crippen LogP contribution in [0.4, 0.5) is 0 Å². The predicted molar refractivity (Wildman–Crippen MR) is 44.4 cm³/mol. The number of carboxylic acids is 2. The normalized spacial score (nSPS) is 11.4. The number of carboxylic acid groups (broad SMARTS) is 2. The van der Waals surface area contributed by atoms with Crippen molar-refractivity contribution in [3.05, 3.63) is 0 Å². The highest BCUT2D eigenvalue weighted by atomic mass is 35.5. The Balaban J connectivity index is 0. The Morgan fingerprint density at radius 2 is 1.42 bits per heavy atom. The van der Waals surface area contributed by atoms with Crippen LogP contribution in [0.5, 0.6) is 0 Å². The molecule has 0 saturated carbocycles. The molecule has 0 saturated heterocycles. The van der Waals surface area contributed by atoms with Gasteiger partial charge in [-0.15, -0.1) is 0 Å². The summed E-state index contributed by atoms with van der Waals surface area (Å²) in [5.74, 6) is -2.17. The van der Waals surface area contributed by atoms with Gasteiger partial charge in [0.25, 0.3) is 0 Å². The molecule has 12 heavy (non-hydrogen) atoms. The van der Waals surface area contributed by atoms with Crippen LogP contribution in [0.25, 0.3) is 0 Å². The molecule has 0 aromatic heterocycles. The number of hydrogen-bond donors (Lipinski definition) is 3. The van der Waals surface area contributed by atoms with Crippen molar-refractivity contribution < 1.29 is 19.8 Å². The topological polar surface area (TPSA) is 101 Å². The van der Waals surface area contributed by atoms with Crippen LogP contribution >= 0.6 is 23.2 Å². The maximum atomic E-state index is 9.57. The Hall–Kier alpha value is -0.520. The molecular formula is C5H9Cl2NO4. The summed E-state index contributed by atoms with van der Waals surface area (Å²) in [4.78, 5) is 17.7. The van der Waals surface area contributed by atoms with Crippen LogP contribution in [0, 0.1) is 0 Å². The van der Waals surface area contributed by atoms with E-state index in [9.17, 15) is 9.59 Å². The summed E-state index contributed by atoms with van der Waals surface area (Å²) in [6, 6.07) is -0.731. The van der Waals surface area contributed by atoms with Crippen LogP contribution in [0.3, 0.4) is 0 Å². The molecule has 0 aliphatic carbocycles. The summed E-state index contributed by atoms with van der Waals surface area (Å²) < 4.78 is 0. The van der Waals surface area contributed by atoms with Crippen molar-refractivity contribution >= 4 is 35.1 Å². The van der Waals surface area contributed by atoms with Crippen LogP contribution in [-0.2, 0) is 9.59 Å². The molecule has 0 unspecified atom stereocenters. The fourth-order valence-electron chi connectivity index (χ4n) is 0. The van der Waals surface area contributed by atoms with Gasteiger partial charge in [-0.05, 0) is 6.92 Å². The van der Waals surface area contributed by atoms with E-state index in [0.29, 0.717) is 0 Å². The number of nitrogens with two attached hydrogens (primary N) is 1. The van der Waals surface area contributed by atoms with Crippen LogP contribution in [0.1, 0.15) is 6.92 Å². The van der Waals surface area contributed by atoms with Crippen LogP contribution in [0.15, 0.2) is 0 Å². The molecule has 0 amide bonds. The molecule has 0 fully saturated rings. The van der Waals surface area contributed by atoms with Crippen molar-refractivity contribution in [2.24, 2.45) is 5.73 Å². The molecule has 72 valence electrons. The number of carbonyl (C=O) groups is 2. The van der Waals surface area contributed by atoms with Gasteiger partial charge in [-0.25, -0.2) is 4.79 Å². The van der Waals surface area contributed by atoms with E-state index < -0.39 is 22.8 Å². The predicted octanol–water partition coefficient (Wildman–Crippen LogP) is 0.293. The molecule has 0 aliphatic heterocycles. The molecule has 0 rings (SSSR count). The van der Waals surface area contributed by atoms with Gasteiger partial charge in [-0.3, -0.25) is 4.79 Å². The monoisotopic (exact) mass is 217 g/mol. The average molecular weight is 218 g/mol. The smallest absolute Gasteiger partial charge is 0.337 e. The number of halogens is 2. The summed E-state index contributed by atoms with van der Waals surface area (Å²) >= 11 is 9.56. The van der Waals surface area contributed by atoms with E-state index in [0.717, 1.165) is 0 Å². The lowest BCUT2D eigenvalue weighted by Crippen LogP contribution is -2.25. The Bertz CT molecular complexity index is 142. The number of hydrogen-bond acceptors (Lipinski definition) is 3. The van der Waals surface area contributed by atoms with E-state index in [4.69, 9.17) is 39.1 Å². The molecule has 4 N–H and O–H groups in total. The zero-order valence-electron chi connectivity index (χ0n) is 6.20. The quantitative estimate of drug-likeness (QED) is 0.578. The lowest BCUT2D eigenvalue weighted by atomic mass is 10.4. The first-order valence-corrected chi connectivity index (χ1v) is 3.65. The third-order valence-corrected chi connectivity index (χ3v) is 0.950. The third kappa shape index (κ3) is 12.2. The standard InChI is InChI=1S/C3H7NO2.C2H2Cl2O2/c1-2(4)3(5)6;3-1(4)2(5)6/h2H,4H2,1H3,(H,5,6);1H,(H,5,6)/t2-;/m0./s1. The zero-order chi connectivity index (χ0) is 10.3. The van der Waals surface area contributed by atoms with E-state index in [1.807, 2.05) is 0 Å². The number of alkyl halides is 2. The highest BCUT2D eigenvalue weighted by Gasteiger charge is 2.05. The molecule has 1 atom stereocenters. The first kappa shape index (κ1) is 14.0. The van der Waals surface area contributed by atoms with Gasteiger partial charge in [-0.1, -0.05) is 23.2 Å². The van der Waals surface area contributed by atoms with Gasteiger partial charge < -0.3 is 15.9 Å². The minimum absolute atomic E-state index is 0.731. The lowest BCUT2D eigenvalue weighted by Gasteiger charge is -1.90. The zero-order valence-corrected chi connectivity index (χ0v) is 7.71. The molecular weight excluding hydrogens is 209 g/mol. The van der Waals surface area contributed by atoms with Crippen molar-refractivity contribution in [2.75, 3.05) is 0 Å². The highest BCUT2D eigenvalue weighted by molar-refractivity contribution is 6.52. The van der Waals surface area contributed by atoms with E-state index in [2.05, 4.69) is 0 Å². The Morgan fingerprint density at radius 1 is 1.25 bits per heavy atom. The SMILES string of the molecule is C[C@H](N)C(=O)O.O=C(O)C(Cl)Cl. The molecule has 0 aliphatic rings. The second-order valence-corrected chi connectivity index (χ2v) is 2.86. The molecule has 0 bridgehead atoms. The summed E-state index contributed by atoms with van der Waals surface area (Å²) in [5.41, 5.74) is 4.84. The van der Waals surface area contributed by atoms with Crippen LogP contribution in [-0.4, -0.2) is 33.0 Å². The van der Waals surface area contributed by atoms with Gasteiger partial charge >= 0.3 is 11.9 Å². The highest BCUT2D eigenvalue weighted by Crippen LogP contribution is 1.98. The molecule has 0 spiro atoms. The summed E-state index contributed by atoms with van der Waals surface area (Å²) in [6.45, 7) is 1.42. The number of rotatable bonds is 2. The second-order valence-electron chi connectivity index (χ2n) is 1.77. The maximum absolute atomic E-state index is 9.57. The van der Waals surface area contributed by atoms with E-state index >= 15 is 0 Å². The Kier molecular flexibility index (Phi) is 8.36. The number of aliphatic carboxylic acids is 2. The fraction of sp³-hybridized carbons (Fsp3) is 0.600. The van der Waals surface area contributed by atoms with Crippen molar-refractivity contribution in [1.82, 2.24) is 0 Å². The molecule has 0 heterocycles. The van der Waals surface area contributed by atoms with Gasteiger partial charge in [0.15, 0.2) is 0 Å². The largest absolute Gasteiger partial charge is 0.480 e. The minimum Gasteiger partial charge on any atom is -0.480 e. The second kappa shape index (κ2) is 7.15. The van der Waals surface area contributed by atoms with Crippen LogP contribution in [0.2, 0.25) is 0 Å². The van der Waals surface area contributed by atoms with Gasteiger partial charge in [0.05, 0.1) is 0 Å². The molecule has 7 heteroatoms. The summed E-state index contributed by atoms with van der Waals surface area (Å²) in [6.07, 6.45) is 0. The summed E-state index contributed by atoms with van der Waals surface area (Å²) in [5, 5.41) is 15.6. The van der Waals surface area contributed by atoms with Gasteiger partial charge in [-0.2, -0.15) is 0 Å². The first-order chi connectivity index (χ1) is 5.29. The Labute approximate surface area is 79.1 Å². The van der Waals surface area contributed by atoms with Crippen molar-refractivity contribution in [2.45, 2.75) is 17.8 Å². The lowest BCUT2D eigenvalue weighted by molar-refractivity contribution is -0.138.